The molecule has 0 amide bonds. The molecule has 0 heterocycles. The van der Waals surface area contributed by atoms with Crippen LogP contribution in [0.5, 0.6) is 0 Å². The predicted molar refractivity (Wildman–Crippen MR) is 41.8 cm³/mol. The first-order valence-electron chi connectivity index (χ1n) is 3.64. The molecule has 0 radical (unpaired) electrons. The van der Waals surface area contributed by atoms with E-state index in [1.165, 1.54) is 0 Å². The topological polar surface area (TPSA) is 123 Å². The second-order valence-electron chi connectivity index (χ2n) is 2.56. The van der Waals surface area contributed by atoms with E-state index in [9.17, 15) is 29.9 Å². The van der Waals surface area contributed by atoms with Crippen molar-refractivity contribution in [3.05, 3.63) is 39.4 Å². The number of benzene rings is 1. The smallest absolute Gasteiger partial charge is 0.545 e. The van der Waals surface area contributed by atoms with Crippen LogP contribution in [0.3, 0.4) is 0 Å². The number of rotatable bonds is 3. The minimum absolute atomic E-state index is 0. The molecule has 0 bridgehead atoms. The fourth-order valence-corrected chi connectivity index (χ4v) is 0.982. The largest absolute Gasteiger partial charge is 1.00 e. The Kier molecular flexibility index (Phi) is 8.68. The Morgan fingerprint density at radius 1 is 1.06 bits per heavy atom. The van der Waals surface area contributed by atoms with E-state index in [0.717, 1.165) is 12.1 Å². The van der Waals surface area contributed by atoms with Crippen LogP contribution in [0, 0.1) is 10.1 Å². The number of carboxylic acid groups (broad SMARTS) is 2. The number of hydrogen-bond donors (Lipinski definition) is 0. The number of aromatic carboxylic acids is 2. The quantitative estimate of drug-likeness (QED) is 0.300. The molecule has 0 atom stereocenters. The first-order chi connectivity index (χ1) is 6.93. The summed E-state index contributed by atoms with van der Waals surface area (Å²) in [4.78, 5) is 30.2. The first kappa shape index (κ1) is 18.9. The summed E-state index contributed by atoms with van der Waals surface area (Å²) in [6.07, 6.45) is 0. The van der Waals surface area contributed by atoms with Crippen molar-refractivity contribution in [2.45, 2.75) is 0 Å². The number of nitro benzene ring substituents is 1. The van der Waals surface area contributed by atoms with Crippen molar-refractivity contribution in [3.63, 3.8) is 0 Å². The summed E-state index contributed by atoms with van der Waals surface area (Å²) < 4.78 is 0. The molecule has 0 saturated heterocycles. The third-order valence-electron chi connectivity index (χ3n) is 1.65. The van der Waals surface area contributed by atoms with E-state index in [1.807, 2.05) is 0 Å². The van der Waals surface area contributed by atoms with Crippen molar-refractivity contribution < 1.29 is 83.8 Å². The van der Waals surface area contributed by atoms with Crippen LogP contribution >= 0.6 is 0 Å². The molecule has 1 aromatic carbocycles. The Hall–Kier alpha value is -0.440. The predicted octanol–water partition coefficient (Wildman–Crippen LogP) is -7.67. The van der Waals surface area contributed by atoms with E-state index in [1.54, 1.807) is 0 Å². The summed E-state index contributed by atoms with van der Waals surface area (Å²) in [7, 11) is 0. The van der Waals surface area contributed by atoms with Crippen molar-refractivity contribution in [3.8, 4) is 0 Å². The zero-order valence-corrected chi connectivity index (χ0v) is 13.1. The van der Waals surface area contributed by atoms with E-state index in [-0.39, 0.29) is 59.1 Å². The van der Waals surface area contributed by atoms with Crippen molar-refractivity contribution >= 4 is 17.6 Å². The van der Waals surface area contributed by atoms with Crippen molar-refractivity contribution in [1.82, 2.24) is 0 Å². The first-order valence-corrected chi connectivity index (χ1v) is 3.64. The molecule has 78 valence electrons. The Balaban J connectivity index is 0. The average molecular weight is 255 g/mol. The van der Waals surface area contributed by atoms with E-state index in [4.69, 9.17) is 0 Å². The number of carbonyl (C=O) groups excluding carboxylic acids is 2. The molecular weight excluding hydrogens is 252 g/mol. The summed E-state index contributed by atoms with van der Waals surface area (Å²) in [5.41, 5.74) is -1.98. The fraction of sp³-hybridized carbons (Fsp3) is 0. The standard InChI is InChI=1S/C8H5NO6.2Na/c10-7(11)4-1-2-5(8(12)13)6(3-4)9(14)15;;/h1-3H,(H,10,11)(H,12,13);;/q;2*+1/p-2. The zero-order valence-electron chi connectivity index (χ0n) is 9.13. The van der Waals surface area contributed by atoms with Gasteiger partial charge in [0.1, 0.15) is 0 Å². The fourth-order valence-electron chi connectivity index (χ4n) is 0.982. The number of hydrogen-bond acceptors (Lipinski definition) is 6. The second kappa shape index (κ2) is 7.80. The molecule has 0 aliphatic carbocycles. The van der Waals surface area contributed by atoms with E-state index in [0.29, 0.717) is 6.07 Å². The number of nitro groups is 1. The monoisotopic (exact) mass is 255 g/mol. The summed E-state index contributed by atoms with van der Waals surface area (Å²) in [5.74, 6) is -3.37. The van der Waals surface area contributed by atoms with Gasteiger partial charge in [-0.1, -0.05) is 6.07 Å². The van der Waals surface area contributed by atoms with Gasteiger partial charge in [0.05, 0.1) is 22.4 Å². The molecule has 1 aromatic rings. The molecule has 0 aliphatic heterocycles. The van der Waals surface area contributed by atoms with Crippen molar-refractivity contribution in [2.75, 3.05) is 0 Å². The summed E-state index contributed by atoms with van der Waals surface area (Å²) in [5, 5.41) is 31.2. The number of carboxylic acids is 2. The second-order valence-corrected chi connectivity index (χ2v) is 2.56. The third kappa shape index (κ3) is 4.74. The van der Waals surface area contributed by atoms with Gasteiger partial charge in [-0.2, -0.15) is 0 Å². The van der Waals surface area contributed by atoms with Gasteiger partial charge in [0.2, 0.25) is 0 Å². The van der Waals surface area contributed by atoms with Crippen LogP contribution in [0.4, 0.5) is 5.69 Å². The third-order valence-corrected chi connectivity index (χ3v) is 1.65. The molecule has 0 unspecified atom stereocenters. The van der Waals surface area contributed by atoms with Gasteiger partial charge in [-0.25, -0.2) is 0 Å². The number of nitrogens with zero attached hydrogens (tertiary/aromatic N) is 1. The minimum atomic E-state index is -1.74. The summed E-state index contributed by atoms with van der Waals surface area (Å²) >= 11 is 0. The minimum Gasteiger partial charge on any atom is -0.545 e. The van der Waals surface area contributed by atoms with Crippen LogP contribution in [-0.2, 0) is 0 Å². The van der Waals surface area contributed by atoms with Gasteiger partial charge in [-0.3, -0.25) is 10.1 Å². The van der Waals surface area contributed by atoms with Gasteiger partial charge in [0, 0.05) is 11.6 Å². The molecule has 0 aromatic heterocycles. The normalized spacial score (nSPS) is 8.47. The van der Waals surface area contributed by atoms with Gasteiger partial charge >= 0.3 is 59.1 Å². The van der Waals surface area contributed by atoms with Crippen molar-refractivity contribution in [2.24, 2.45) is 0 Å². The molecule has 0 fully saturated rings. The zero-order chi connectivity index (χ0) is 11.6. The van der Waals surface area contributed by atoms with Crippen LogP contribution in [-0.4, -0.2) is 16.9 Å². The maximum absolute atomic E-state index is 10.4. The molecule has 17 heavy (non-hydrogen) atoms. The molecular formula is C8H3NNa2O6. The van der Waals surface area contributed by atoms with Gasteiger partial charge < -0.3 is 19.8 Å². The summed E-state index contributed by atoms with van der Waals surface area (Å²) in [6, 6.07) is 2.30. The van der Waals surface area contributed by atoms with Crippen LogP contribution in [0.2, 0.25) is 0 Å². The SMILES string of the molecule is O=C([O-])c1ccc(C(=O)[O-])c([N+](=O)[O-])c1.[Na+].[Na+]. The Morgan fingerprint density at radius 3 is 1.94 bits per heavy atom. The maximum Gasteiger partial charge on any atom is 1.00 e. The van der Waals surface area contributed by atoms with Crippen LogP contribution in [0.1, 0.15) is 20.7 Å². The molecule has 1 rings (SSSR count). The number of carbonyl (C=O) groups is 2. The molecule has 0 N–H and O–H groups in total. The molecule has 0 aliphatic rings. The molecule has 7 nitrogen and oxygen atoms in total. The van der Waals surface area contributed by atoms with Crippen molar-refractivity contribution in [1.29, 1.82) is 0 Å². The van der Waals surface area contributed by atoms with Crippen LogP contribution in [0.25, 0.3) is 0 Å². The van der Waals surface area contributed by atoms with Gasteiger partial charge in [0.15, 0.2) is 0 Å². The van der Waals surface area contributed by atoms with Gasteiger partial charge in [-0.05, 0) is 6.07 Å². The summed E-state index contributed by atoms with van der Waals surface area (Å²) in [6.45, 7) is 0. The van der Waals surface area contributed by atoms with Gasteiger partial charge in [-0.15, -0.1) is 0 Å². The Labute approximate surface area is 140 Å². The Bertz CT molecular complexity index is 461. The van der Waals surface area contributed by atoms with E-state index in [2.05, 4.69) is 0 Å². The maximum atomic E-state index is 10.4. The molecule has 9 heteroatoms. The van der Waals surface area contributed by atoms with Crippen LogP contribution in [0.15, 0.2) is 18.2 Å². The molecule has 0 spiro atoms. The van der Waals surface area contributed by atoms with Crippen LogP contribution < -0.4 is 69.3 Å². The van der Waals surface area contributed by atoms with Gasteiger partial charge in [0.25, 0.3) is 5.69 Å². The molecule has 0 saturated carbocycles. The Morgan fingerprint density at radius 2 is 1.59 bits per heavy atom. The van der Waals surface area contributed by atoms with E-state index < -0.39 is 33.7 Å². The average Bonchev–Trinajstić information content (AvgIpc) is 2.16. The van der Waals surface area contributed by atoms with E-state index >= 15 is 0 Å².